The van der Waals surface area contributed by atoms with Gasteiger partial charge in [-0.25, -0.2) is 0 Å². The van der Waals surface area contributed by atoms with Gasteiger partial charge in [0.2, 0.25) is 0 Å². The van der Waals surface area contributed by atoms with Gasteiger partial charge < -0.3 is 9.64 Å². The molecule has 0 heterocycles. The first-order valence-electron chi connectivity index (χ1n) is 5.38. The Balaban J connectivity index is 2.86. The van der Waals surface area contributed by atoms with E-state index in [9.17, 15) is 4.79 Å². The number of carbonyl (C=O) groups excluding carboxylic acids is 1. The van der Waals surface area contributed by atoms with Crippen molar-refractivity contribution in [1.82, 2.24) is 4.90 Å². The SMILES string of the molecule is COCCN(CCBr)C(=O)c1cc(Br)cc(Br)c1. The number of halogens is 3. The van der Waals surface area contributed by atoms with Crippen LogP contribution in [0.3, 0.4) is 0 Å². The van der Waals surface area contributed by atoms with Gasteiger partial charge in [-0.3, -0.25) is 4.79 Å². The number of rotatable bonds is 6. The van der Waals surface area contributed by atoms with E-state index in [-0.39, 0.29) is 5.91 Å². The highest BCUT2D eigenvalue weighted by Gasteiger charge is 2.15. The minimum atomic E-state index is 0.00787. The lowest BCUT2D eigenvalue weighted by atomic mass is 10.2. The first-order chi connectivity index (χ1) is 8.58. The molecule has 0 spiro atoms. The maximum absolute atomic E-state index is 12.4. The standard InChI is InChI=1S/C12H14Br3NO2/c1-18-5-4-16(3-2-13)12(17)9-6-10(14)8-11(15)7-9/h6-8H,2-5H2,1H3. The Morgan fingerprint density at radius 2 is 1.83 bits per heavy atom. The topological polar surface area (TPSA) is 29.5 Å². The first kappa shape index (κ1) is 16.1. The maximum atomic E-state index is 12.4. The van der Waals surface area contributed by atoms with Crippen LogP contribution in [0.15, 0.2) is 27.1 Å². The Morgan fingerprint density at radius 3 is 2.33 bits per heavy atom. The number of ether oxygens (including phenoxy) is 1. The van der Waals surface area contributed by atoms with Crippen molar-refractivity contribution in [2.45, 2.75) is 0 Å². The molecule has 0 fully saturated rings. The summed E-state index contributed by atoms with van der Waals surface area (Å²) in [6, 6.07) is 5.54. The highest BCUT2D eigenvalue weighted by atomic mass is 79.9. The molecule has 6 heteroatoms. The van der Waals surface area contributed by atoms with E-state index >= 15 is 0 Å². The predicted molar refractivity (Wildman–Crippen MR) is 83.4 cm³/mol. The number of benzene rings is 1. The number of nitrogens with zero attached hydrogens (tertiary/aromatic N) is 1. The van der Waals surface area contributed by atoms with Gasteiger partial charge in [0, 0.05) is 40.0 Å². The molecule has 0 aromatic heterocycles. The lowest BCUT2D eigenvalue weighted by Crippen LogP contribution is -2.35. The fourth-order valence-electron chi connectivity index (χ4n) is 1.48. The number of carbonyl (C=O) groups is 1. The molecular formula is C12H14Br3NO2. The minimum absolute atomic E-state index is 0.00787. The molecule has 100 valence electrons. The van der Waals surface area contributed by atoms with Crippen LogP contribution in [0, 0.1) is 0 Å². The molecule has 1 rings (SSSR count). The van der Waals surface area contributed by atoms with Crippen molar-refractivity contribution in [2.24, 2.45) is 0 Å². The van der Waals surface area contributed by atoms with E-state index in [0.717, 1.165) is 14.3 Å². The molecule has 1 aromatic rings. The van der Waals surface area contributed by atoms with E-state index in [1.165, 1.54) is 0 Å². The largest absolute Gasteiger partial charge is 0.383 e. The van der Waals surface area contributed by atoms with E-state index in [4.69, 9.17) is 4.74 Å². The zero-order valence-corrected chi connectivity index (χ0v) is 14.7. The Hall–Kier alpha value is 0.0900. The van der Waals surface area contributed by atoms with E-state index in [1.54, 1.807) is 12.0 Å². The van der Waals surface area contributed by atoms with Gasteiger partial charge in [0.1, 0.15) is 0 Å². The van der Waals surface area contributed by atoms with Gasteiger partial charge in [0.25, 0.3) is 5.91 Å². The molecular weight excluding hydrogens is 430 g/mol. The highest BCUT2D eigenvalue weighted by molar-refractivity contribution is 9.11. The van der Waals surface area contributed by atoms with Crippen LogP contribution < -0.4 is 0 Å². The molecule has 1 aromatic carbocycles. The van der Waals surface area contributed by atoms with Crippen molar-refractivity contribution in [1.29, 1.82) is 0 Å². The molecule has 1 amide bonds. The number of hydrogen-bond acceptors (Lipinski definition) is 2. The van der Waals surface area contributed by atoms with E-state index in [2.05, 4.69) is 47.8 Å². The molecule has 0 saturated carbocycles. The Bertz CT molecular complexity index is 392. The van der Waals surface area contributed by atoms with Crippen molar-refractivity contribution in [3.63, 3.8) is 0 Å². The molecule has 18 heavy (non-hydrogen) atoms. The zero-order chi connectivity index (χ0) is 13.5. The van der Waals surface area contributed by atoms with Crippen LogP contribution in [0.2, 0.25) is 0 Å². The van der Waals surface area contributed by atoms with Gasteiger partial charge in [-0.2, -0.15) is 0 Å². The van der Waals surface area contributed by atoms with Crippen LogP contribution in [0.25, 0.3) is 0 Å². The lowest BCUT2D eigenvalue weighted by molar-refractivity contribution is 0.0709. The molecule has 0 unspecified atom stereocenters. The van der Waals surface area contributed by atoms with Crippen LogP contribution in [-0.4, -0.2) is 42.9 Å². The summed E-state index contributed by atoms with van der Waals surface area (Å²) in [6.07, 6.45) is 0. The fourth-order valence-corrected chi connectivity index (χ4v) is 3.20. The van der Waals surface area contributed by atoms with Crippen molar-refractivity contribution >= 4 is 53.7 Å². The third-order valence-electron chi connectivity index (χ3n) is 2.32. The maximum Gasteiger partial charge on any atom is 0.254 e. The summed E-state index contributed by atoms with van der Waals surface area (Å²) in [5, 5.41) is 0.748. The van der Waals surface area contributed by atoms with Crippen LogP contribution in [0.4, 0.5) is 0 Å². The summed E-state index contributed by atoms with van der Waals surface area (Å²) in [6.45, 7) is 1.78. The van der Waals surface area contributed by atoms with Crippen LogP contribution in [0.1, 0.15) is 10.4 Å². The lowest BCUT2D eigenvalue weighted by Gasteiger charge is -2.21. The minimum Gasteiger partial charge on any atom is -0.383 e. The summed E-state index contributed by atoms with van der Waals surface area (Å²) in [4.78, 5) is 14.1. The average Bonchev–Trinajstić information content (AvgIpc) is 2.32. The van der Waals surface area contributed by atoms with Gasteiger partial charge >= 0.3 is 0 Å². The van der Waals surface area contributed by atoms with Crippen molar-refractivity contribution in [3.8, 4) is 0 Å². The van der Waals surface area contributed by atoms with Crippen LogP contribution in [-0.2, 0) is 4.74 Å². The van der Waals surface area contributed by atoms with Crippen LogP contribution >= 0.6 is 47.8 Å². The number of hydrogen-bond donors (Lipinski definition) is 0. The zero-order valence-electron chi connectivity index (χ0n) is 9.96. The average molecular weight is 444 g/mol. The van der Waals surface area contributed by atoms with Gasteiger partial charge in [0.15, 0.2) is 0 Å². The highest BCUT2D eigenvalue weighted by Crippen LogP contribution is 2.21. The van der Waals surface area contributed by atoms with Crippen molar-refractivity contribution in [3.05, 3.63) is 32.7 Å². The molecule has 0 saturated heterocycles. The van der Waals surface area contributed by atoms with Gasteiger partial charge in [0.05, 0.1) is 6.61 Å². The number of alkyl halides is 1. The van der Waals surface area contributed by atoms with E-state index < -0.39 is 0 Å². The number of methoxy groups -OCH3 is 1. The first-order valence-corrected chi connectivity index (χ1v) is 8.09. The molecule has 0 aliphatic heterocycles. The smallest absolute Gasteiger partial charge is 0.254 e. The van der Waals surface area contributed by atoms with Crippen LogP contribution in [0.5, 0.6) is 0 Å². The van der Waals surface area contributed by atoms with Gasteiger partial charge in [-0.1, -0.05) is 47.8 Å². The van der Waals surface area contributed by atoms with Gasteiger partial charge in [-0.05, 0) is 18.2 Å². The fraction of sp³-hybridized carbons (Fsp3) is 0.417. The number of amides is 1. The summed E-state index contributed by atoms with van der Waals surface area (Å²) in [5.74, 6) is 0.00787. The summed E-state index contributed by atoms with van der Waals surface area (Å²) < 4.78 is 6.79. The second-order valence-corrected chi connectivity index (χ2v) is 6.26. The van der Waals surface area contributed by atoms with Gasteiger partial charge in [-0.15, -0.1) is 0 Å². The normalized spacial score (nSPS) is 10.4. The Kier molecular flexibility index (Phi) is 7.44. The molecule has 0 bridgehead atoms. The molecule has 0 aliphatic carbocycles. The molecule has 0 N–H and O–H groups in total. The molecule has 0 atom stereocenters. The second-order valence-electron chi connectivity index (χ2n) is 3.63. The third-order valence-corrected chi connectivity index (χ3v) is 3.59. The van der Waals surface area contributed by atoms with Crippen molar-refractivity contribution in [2.75, 3.05) is 32.1 Å². The molecule has 0 radical (unpaired) electrons. The quantitative estimate of drug-likeness (QED) is 0.627. The predicted octanol–water partition coefficient (Wildman–Crippen LogP) is 3.70. The second kappa shape index (κ2) is 8.30. The molecule has 0 aliphatic rings. The summed E-state index contributed by atoms with van der Waals surface area (Å²) >= 11 is 10.1. The Labute approximate surface area is 132 Å². The summed E-state index contributed by atoms with van der Waals surface area (Å²) in [5.41, 5.74) is 0.660. The van der Waals surface area contributed by atoms with Crippen molar-refractivity contribution < 1.29 is 9.53 Å². The van der Waals surface area contributed by atoms with E-state index in [1.807, 2.05) is 18.2 Å². The summed E-state index contributed by atoms with van der Waals surface area (Å²) in [7, 11) is 1.63. The monoisotopic (exact) mass is 441 g/mol. The van der Waals surface area contributed by atoms with E-state index in [0.29, 0.717) is 25.3 Å². The Morgan fingerprint density at radius 1 is 1.22 bits per heavy atom. The molecule has 3 nitrogen and oxygen atoms in total. The third kappa shape index (κ3) is 4.99.